The molecule has 1 aromatic carbocycles. The summed E-state index contributed by atoms with van der Waals surface area (Å²) in [6.07, 6.45) is 3.59. The maximum Gasteiger partial charge on any atom is 0.264 e. The standard InChI is InChI=1S/C22H23ClN2O4/c1-6-20(4)15(23)10-13-17(27)21(20,24-11-26)12-8-7-9-14-16(12)22(29,19(13,2)3)18(28)25(14)5/h6-11,13,29H,1H2,2-5H3,(H,24,26). The highest BCUT2D eigenvalue weighted by atomic mass is 35.5. The Morgan fingerprint density at radius 3 is 2.52 bits per heavy atom. The number of hydrogen-bond acceptors (Lipinski definition) is 4. The van der Waals surface area contributed by atoms with Gasteiger partial charge in [0.1, 0.15) is 5.54 Å². The first-order valence-electron chi connectivity index (χ1n) is 9.38. The number of nitrogens with one attached hydrogen (secondary N) is 1. The van der Waals surface area contributed by atoms with Crippen molar-refractivity contribution < 1.29 is 19.5 Å². The molecular weight excluding hydrogens is 392 g/mol. The molecule has 0 saturated heterocycles. The predicted molar refractivity (Wildman–Crippen MR) is 109 cm³/mol. The van der Waals surface area contributed by atoms with Crippen molar-refractivity contribution in [2.75, 3.05) is 11.9 Å². The molecule has 2 aliphatic carbocycles. The van der Waals surface area contributed by atoms with Crippen LogP contribution < -0.4 is 10.2 Å². The van der Waals surface area contributed by atoms with E-state index < -0.39 is 33.8 Å². The van der Waals surface area contributed by atoms with Crippen molar-refractivity contribution in [2.24, 2.45) is 16.7 Å². The maximum atomic E-state index is 14.0. The predicted octanol–water partition coefficient (Wildman–Crippen LogP) is 2.35. The number of fused-ring (bicyclic) bond motifs is 3. The van der Waals surface area contributed by atoms with Crippen LogP contribution >= 0.6 is 11.6 Å². The summed E-state index contributed by atoms with van der Waals surface area (Å²) in [4.78, 5) is 40.6. The third kappa shape index (κ3) is 1.81. The molecule has 1 heterocycles. The van der Waals surface area contributed by atoms with Crippen LogP contribution in [0.2, 0.25) is 0 Å². The van der Waals surface area contributed by atoms with Crippen molar-refractivity contribution in [3.63, 3.8) is 0 Å². The molecule has 4 unspecified atom stereocenters. The third-order valence-corrected chi connectivity index (χ3v) is 7.94. The van der Waals surface area contributed by atoms with E-state index in [9.17, 15) is 19.5 Å². The number of Topliss-reactive ketones (excluding diaryl/α,β-unsaturated/α-hetero) is 1. The molecule has 3 aliphatic rings. The van der Waals surface area contributed by atoms with Crippen LogP contribution in [0.4, 0.5) is 5.69 Å². The van der Waals surface area contributed by atoms with Gasteiger partial charge in [0.2, 0.25) is 6.41 Å². The zero-order valence-electron chi connectivity index (χ0n) is 16.7. The molecule has 0 fully saturated rings. The van der Waals surface area contributed by atoms with E-state index in [1.165, 1.54) is 11.0 Å². The van der Waals surface area contributed by atoms with Gasteiger partial charge in [0.05, 0.1) is 11.1 Å². The minimum absolute atomic E-state index is 0.321. The summed E-state index contributed by atoms with van der Waals surface area (Å²) in [6.45, 7) is 8.97. The number of allylic oxidation sites excluding steroid dienone is 1. The summed E-state index contributed by atoms with van der Waals surface area (Å²) < 4.78 is 0. The van der Waals surface area contributed by atoms with E-state index in [0.29, 0.717) is 28.3 Å². The largest absolute Gasteiger partial charge is 0.375 e. The quantitative estimate of drug-likeness (QED) is 0.587. The van der Waals surface area contributed by atoms with Gasteiger partial charge in [0.15, 0.2) is 11.4 Å². The molecule has 152 valence electrons. The molecule has 0 spiro atoms. The monoisotopic (exact) mass is 414 g/mol. The fourth-order valence-corrected chi connectivity index (χ4v) is 5.79. The van der Waals surface area contributed by atoms with E-state index in [0.717, 1.165) is 0 Å². The number of carbonyl (C=O) groups is 3. The molecule has 0 saturated carbocycles. The Hall–Kier alpha value is -2.44. The maximum absolute atomic E-state index is 14.0. The average molecular weight is 415 g/mol. The lowest BCUT2D eigenvalue weighted by molar-refractivity contribution is -0.158. The molecule has 7 heteroatoms. The van der Waals surface area contributed by atoms with E-state index in [4.69, 9.17) is 11.6 Å². The van der Waals surface area contributed by atoms with Crippen molar-refractivity contribution in [1.29, 1.82) is 0 Å². The minimum atomic E-state index is -1.97. The lowest BCUT2D eigenvalue weighted by Crippen LogP contribution is -2.63. The van der Waals surface area contributed by atoms with Crippen molar-refractivity contribution >= 4 is 35.4 Å². The van der Waals surface area contributed by atoms with Gasteiger partial charge < -0.3 is 15.3 Å². The Balaban J connectivity index is 2.29. The van der Waals surface area contributed by atoms with Gasteiger partial charge >= 0.3 is 0 Å². The first kappa shape index (κ1) is 19.9. The Morgan fingerprint density at radius 2 is 1.93 bits per heavy atom. The highest BCUT2D eigenvalue weighted by Crippen LogP contribution is 2.65. The smallest absolute Gasteiger partial charge is 0.264 e. The molecular formula is C22H23ClN2O4. The summed E-state index contributed by atoms with van der Waals surface area (Å²) in [5.74, 6) is -1.78. The minimum Gasteiger partial charge on any atom is -0.375 e. The molecule has 2 bridgehead atoms. The van der Waals surface area contributed by atoms with Gasteiger partial charge in [-0.15, -0.1) is 6.58 Å². The number of nitrogens with zero attached hydrogens (tertiary/aromatic N) is 1. The van der Waals surface area contributed by atoms with Crippen LogP contribution in [0.25, 0.3) is 0 Å². The number of amides is 2. The second-order valence-electron chi connectivity index (χ2n) is 8.77. The Kier molecular flexibility index (Phi) is 3.82. The van der Waals surface area contributed by atoms with Gasteiger partial charge in [-0.1, -0.05) is 49.7 Å². The van der Waals surface area contributed by atoms with Crippen LogP contribution in [0.1, 0.15) is 31.9 Å². The third-order valence-electron chi connectivity index (χ3n) is 7.42. The van der Waals surface area contributed by atoms with Crippen molar-refractivity contribution in [2.45, 2.75) is 31.9 Å². The van der Waals surface area contributed by atoms with Crippen LogP contribution in [-0.4, -0.2) is 30.3 Å². The van der Waals surface area contributed by atoms with Gasteiger partial charge in [-0.2, -0.15) is 0 Å². The normalized spacial score (nSPS) is 36.8. The van der Waals surface area contributed by atoms with Crippen molar-refractivity contribution in [1.82, 2.24) is 5.32 Å². The number of benzene rings is 1. The van der Waals surface area contributed by atoms with E-state index in [1.807, 2.05) is 0 Å². The zero-order chi connectivity index (χ0) is 21.6. The number of anilines is 1. The molecule has 4 rings (SSSR count). The number of likely N-dealkylation sites (N-methyl/N-ethyl adjacent to an activating group) is 1. The number of rotatable bonds is 3. The number of aliphatic hydroxyl groups is 1. The second-order valence-corrected chi connectivity index (χ2v) is 9.18. The van der Waals surface area contributed by atoms with E-state index in [-0.39, 0.29) is 5.78 Å². The summed E-state index contributed by atoms with van der Waals surface area (Å²) in [5, 5.41) is 15.0. The number of ketones is 1. The molecule has 6 nitrogen and oxygen atoms in total. The van der Waals surface area contributed by atoms with Crippen molar-refractivity contribution in [3.8, 4) is 0 Å². The molecule has 1 aliphatic heterocycles. The van der Waals surface area contributed by atoms with Crippen molar-refractivity contribution in [3.05, 3.63) is 53.1 Å². The molecule has 2 amide bonds. The van der Waals surface area contributed by atoms with Gasteiger partial charge in [-0.25, -0.2) is 0 Å². The van der Waals surface area contributed by atoms with Crippen LogP contribution in [0, 0.1) is 16.7 Å². The molecule has 29 heavy (non-hydrogen) atoms. The fourth-order valence-electron chi connectivity index (χ4n) is 5.44. The SMILES string of the molecule is C=CC1(C)C(Cl)=CC2C(=O)C1(NC=O)c1cccc3c1C(O)(C(=O)N3C)C2(C)C. The Labute approximate surface area is 174 Å². The highest BCUT2D eigenvalue weighted by molar-refractivity contribution is 6.32. The first-order valence-corrected chi connectivity index (χ1v) is 9.76. The summed E-state index contributed by atoms with van der Waals surface area (Å²) >= 11 is 6.70. The fraction of sp³-hybridized carbons (Fsp3) is 0.409. The van der Waals surface area contributed by atoms with Gasteiger partial charge in [0, 0.05) is 29.0 Å². The number of carbonyl (C=O) groups excluding carboxylic acids is 3. The van der Waals surface area contributed by atoms with Crippen LogP contribution in [0.3, 0.4) is 0 Å². The van der Waals surface area contributed by atoms with Gasteiger partial charge in [0.25, 0.3) is 5.91 Å². The first-order chi connectivity index (χ1) is 13.5. The van der Waals surface area contributed by atoms with Gasteiger partial charge in [-0.3, -0.25) is 14.4 Å². The molecule has 2 N–H and O–H groups in total. The molecule has 4 atom stereocenters. The number of halogens is 1. The topological polar surface area (TPSA) is 86.7 Å². The molecule has 0 radical (unpaired) electrons. The van der Waals surface area contributed by atoms with Crippen LogP contribution in [-0.2, 0) is 25.5 Å². The number of hydrogen-bond donors (Lipinski definition) is 2. The summed E-state index contributed by atoms with van der Waals surface area (Å²) in [5.41, 5.74) is -4.81. The zero-order valence-corrected chi connectivity index (χ0v) is 17.5. The lowest BCUT2D eigenvalue weighted by atomic mass is 9.56. The van der Waals surface area contributed by atoms with E-state index in [1.54, 1.807) is 52.1 Å². The van der Waals surface area contributed by atoms with E-state index >= 15 is 0 Å². The molecule has 1 aromatic rings. The second kappa shape index (κ2) is 5.58. The lowest BCUT2D eigenvalue weighted by Gasteiger charge is -2.51. The molecule has 0 aromatic heterocycles. The van der Waals surface area contributed by atoms with E-state index in [2.05, 4.69) is 11.9 Å². The Bertz CT molecular complexity index is 1030. The highest BCUT2D eigenvalue weighted by Gasteiger charge is 2.72. The summed E-state index contributed by atoms with van der Waals surface area (Å²) in [6, 6.07) is 5.09. The summed E-state index contributed by atoms with van der Waals surface area (Å²) in [7, 11) is 1.59. The average Bonchev–Trinajstić information content (AvgIpc) is 2.88. The Morgan fingerprint density at radius 1 is 1.28 bits per heavy atom. The van der Waals surface area contributed by atoms with Crippen LogP contribution in [0.5, 0.6) is 0 Å². The van der Waals surface area contributed by atoms with Gasteiger partial charge in [-0.05, 0) is 18.6 Å². The van der Waals surface area contributed by atoms with Crippen LogP contribution in [0.15, 0.2) is 42.0 Å².